The highest BCUT2D eigenvalue weighted by molar-refractivity contribution is 7.99. The lowest BCUT2D eigenvalue weighted by Gasteiger charge is -2.23. The second kappa shape index (κ2) is 8.87. The summed E-state index contributed by atoms with van der Waals surface area (Å²) < 4.78 is 0. The Morgan fingerprint density at radius 3 is 2.60 bits per heavy atom. The van der Waals surface area contributed by atoms with Gasteiger partial charge in [0.15, 0.2) is 0 Å². The van der Waals surface area contributed by atoms with Gasteiger partial charge in [0, 0.05) is 30.3 Å². The standard InChI is InChI=1S/C15H24N2O2S/c1-15(2,8-10-18)12-17-14(19)16-9-11-20-13-6-4-3-5-7-13/h3-7,18H,8-12H2,1-2H3,(H2,16,17,19). The zero-order valence-electron chi connectivity index (χ0n) is 12.2. The first-order chi connectivity index (χ1) is 9.53. The van der Waals surface area contributed by atoms with Crippen LogP contribution in [0.5, 0.6) is 0 Å². The van der Waals surface area contributed by atoms with Gasteiger partial charge in [-0.1, -0.05) is 32.0 Å². The van der Waals surface area contributed by atoms with Crippen LogP contribution in [-0.4, -0.2) is 36.6 Å². The third-order valence-electron chi connectivity index (χ3n) is 2.92. The molecule has 0 bridgehead atoms. The van der Waals surface area contributed by atoms with Gasteiger partial charge in [0.25, 0.3) is 0 Å². The van der Waals surface area contributed by atoms with Gasteiger partial charge in [0.2, 0.25) is 0 Å². The molecule has 1 aromatic carbocycles. The van der Waals surface area contributed by atoms with Gasteiger partial charge in [-0.15, -0.1) is 11.8 Å². The third-order valence-corrected chi connectivity index (χ3v) is 3.93. The Morgan fingerprint density at radius 2 is 1.95 bits per heavy atom. The fraction of sp³-hybridized carbons (Fsp3) is 0.533. The number of hydrogen-bond acceptors (Lipinski definition) is 3. The highest BCUT2D eigenvalue weighted by Gasteiger charge is 2.17. The molecule has 0 aliphatic rings. The second-order valence-corrected chi connectivity index (χ2v) is 6.58. The lowest BCUT2D eigenvalue weighted by Crippen LogP contribution is -2.41. The predicted octanol–water partition coefficient (Wildman–Crippen LogP) is 2.49. The molecule has 5 heteroatoms. The summed E-state index contributed by atoms with van der Waals surface area (Å²) in [4.78, 5) is 12.8. The molecular formula is C15H24N2O2S. The number of nitrogens with one attached hydrogen (secondary N) is 2. The average Bonchev–Trinajstić information content (AvgIpc) is 2.43. The highest BCUT2D eigenvalue weighted by Crippen LogP contribution is 2.18. The highest BCUT2D eigenvalue weighted by atomic mass is 32.2. The van der Waals surface area contributed by atoms with Crippen molar-refractivity contribution in [3.8, 4) is 0 Å². The summed E-state index contributed by atoms with van der Waals surface area (Å²) in [6, 6.07) is 9.97. The van der Waals surface area contributed by atoms with E-state index >= 15 is 0 Å². The monoisotopic (exact) mass is 296 g/mol. The van der Waals surface area contributed by atoms with E-state index in [1.54, 1.807) is 11.8 Å². The minimum Gasteiger partial charge on any atom is -0.396 e. The molecule has 0 fully saturated rings. The molecule has 2 amide bonds. The van der Waals surface area contributed by atoms with E-state index in [1.807, 2.05) is 32.0 Å². The van der Waals surface area contributed by atoms with E-state index in [0.29, 0.717) is 19.5 Å². The number of amides is 2. The van der Waals surface area contributed by atoms with Crippen molar-refractivity contribution >= 4 is 17.8 Å². The van der Waals surface area contributed by atoms with Crippen LogP contribution in [-0.2, 0) is 0 Å². The zero-order valence-corrected chi connectivity index (χ0v) is 13.0. The van der Waals surface area contributed by atoms with Crippen molar-refractivity contribution < 1.29 is 9.90 Å². The van der Waals surface area contributed by atoms with Crippen molar-refractivity contribution in [3.05, 3.63) is 30.3 Å². The summed E-state index contributed by atoms with van der Waals surface area (Å²) in [5.74, 6) is 0.845. The molecule has 0 saturated carbocycles. The van der Waals surface area contributed by atoms with Crippen LogP contribution in [0.2, 0.25) is 0 Å². The summed E-state index contributed by atoms with van der Waals surface area (Å²) in [6.45, 7) is 5.38. The minimum absolute atomic E-state index is 0.0785. The van der Waals surface area contributed by atoms with Gasteiger partial charge in [0.1, 0.15) is 0 Å². The van der Waals surface area contributed by atoms with Crippen LogP contribution in [0.1, 0.15) is 20.3 Å². The molecule has 0 aromatic heterocycles. The van der Waals surface area contributed by atoms with Crippen molar-refractivity contribution in [3.63, 3.8) is 0 Å². The first-order valence-corrected chi connectivity index (χ1v) is 7.82. The number of benzene rings is 1. The summed E-state index contributed by atoms with van der Waals surface area (Å²) in [5.41, 5.74) is -0.0785. The topological polar surface area (TPSA) is 61.4 Å². The van der Waals surface area contributed by atoms with Crippen LogP contribution < -0.4 is 10.6 Å². The van der Waals surface area contributed by atoms with Crippen LogP contribution in [0.25, 0.3) is 0 Å². The van der Waals surface area contributed by atoms with E-state index < -0.39 is 0 Å². The third kappa shape index (κ3) is 7.40. The maximum absolute atomic E-state index is 11.6. The molecule has 20 heavy (non-hydrogen) atoms. The molecule has 0 heterocycles. The van der Waals surface area contributed by atoms with Gasteiger partial charge < -0.3 is 15.7 Å². The molecule has 0 radical (unpaired) electrons. The van der Waals surface area contributed by atoms with Crippen LogP contribution in [0.3, 0.4) is 0 Å². The van der Waals surface area contributed by atoms with E-state index in [9.17, 15) is 4.79 Å². The van der Waals surface area contributed by atoms with E-state index in [1.165, 1.54) is 4.90 Å². The minimum atomic E-state index is -0.148. The number of carbonyl (C=O) groups is 1. The number of hydrogen-bond donors (Lipinski definition) is 3. The lowest BCUT2D eigenvalue weighted by molar-refractivity contribution is 0.201. The molecule has 0 unspecified atom stereocenters. The number of aliphatic hydroxyl groups is 1. The number of thioether (sulfide) groups is 1. The maximum Gasteiger partial charge on any atom is 0.314 e. The Bertz CT molecular complexity index is 396. The van der Waals surface area contributed by atoms with E-state index in [-0.39, 0.29) is 18.1 Å². The van der Waals surface area contributed by atoms with Gasteiger partial charge in [-0.3, -0.25) is 0 Å². The smallest absolute Gasteiger partial charge is 0.314 e. The molecule has 3 N–H and O–H groups in total. The number of rotatable bonds is 8. The largest absolute Gasteiger partial charge is 0.396 e. The maximum atomic E-state index is 11.6. The molecule has 0 aliphatic heterocycles. The molecule has 0 aliphatic carbocycles. The Labute approximate surface area is 125 Å². The van der Waals surface area contributed by atoms with Crippen molar-refractivity contribution in [1.82, 2.24) is 10.6 Å². The Balaban J connectivity index is 2.11. The fourth-order valence-electron chi connectivity index (χ4n) is 1.62. The number of carbonyl (C=O) groups excluding carboxylic acids is 1. The van der Waals surface area contributed by atoms with Crippen LogP contribution in [0.15, 0.2) is 35.2 Å². The fourth-order valence-corrected chi connectivity index (χ4v) is 2.41. The summed E-state index contributed by atoms with van der Waals surface area (Å²) in [6.07, 6.45) is 0.678. The normalized spacial score (nSPS) is 11.2. The van der Waals surface area contributed by atoms with Crippen LogP contribution >= 0.6 is 11.8 Å². The Hall–Kier alpha value is -1.20. The molecule has 0 saturated heterocycles. The number of aliphatic hydroxyl groups excluding tert-OH is 1. The van der Waals surface area contributed by atoms with Crippen LogP contribution in [0, 0.1) is 5.41 Å². The van der Waals surface area contributed by atoms with Crippen LogP contribution in [0.4, 0.5) is 4.79 Å². The zero-order chi connectivity index (χ0) is 14.8. The molecule has 0 atom stereocenters. The van der Waals surface area contributed by atoms with Crippen molar-refractivity contribution in [1.29, 1.82) is 0 Å². The molecule has 0 spiro atoms. The van der Waals surface area contributed by atoms with Gasteiger partial charge in [0.05, 0.1) is 0 Å². The molecule has 1 aromatic rings. The Morgan fingerprint density at radius 1 is 1.25 bits per heavy atom. The van der Waals surface area contributed by atoms with Gasteiger partial charge in [-0.2, -0.15) is 0 Å². The van der Waals surface area contributed by atoms with Crippen molar-refractivity contribution in [2.45, 2.75) is 25.2 Å². The molecule has 4 nitrogen and oxygen atoms in total. The summed E-state index contributed by atoms with van der Waals surface area (Å²) >= 11 is 1.72. The first kappa shape index (κ1) is 16.9. The molecule has 1 rings (SSSR count). The predicted molar refractivity (Wildman–Crippen MR) is 84.1 cm³/mol. The number of urea groups is 1. The quantitative estimate of drug-likeness (QED) is 0.510. The van der Waals surface area contributed by atoms with E-state index in [0.717, 1.165) is 5.75 Å². The van der Waals surface area contributed by atoms with Gasteiger partial charge in [-0.05, 0) is 24.0 Å². The first-order valence-electron chi connectivity index (χ1n) is 6.84. The Kier molecular flexibility index (Phi) is 7.47. The molecule has 112 valence electrons. The second-order valence-electron chi connectivity index (χ2n) is 5.41. The average molecular weight is 296 g/mol. The van der Waals surface area contributed by atoms with Crippen molar-refractivity contribution in [2.24, 2.45) is 5.41 Å². The lowest BCUT2D eigenvalue weighted by atomic mass is 9.90. The molecular weight excluding hydrogens is 272 g/mol. The van der Waals surface area contributed by atoms with E-state index in [4.69, 9.17) is 5.11 Å². The van der Waals surface area contributed by atoms with E-state index in [2.05, 4.69) is 22.8 Å². The summed E-state index contributed by atoms with van der Waals surface area (Å²) in [7, 11) is 0. The van der Waals surface area contributed by atoms with Gasteiger partial charge >= 0.3 is 6.03 Å². The summed E-state index contributed by atoms with van der Waals surface area (Å²) in [5, 5.41) is 14.6. The van der Waals surface area contributed by atoms with Gasteiger partial charge in [-0.25, -0.2) is 4.79 Å². The van der Waals surface area contributed by atoms with Crippen molar-refractivity contribution in [2.75, 3.05) is 25.4 Å². The SMILES string of the molecule is CC(C)(CCO)CNC(=O)NCCSc1ccccc1.